The molecule has 7 nitrogen and oxygen atoms in total. The highest BCUT2D eigenvalue weighted by Crippen LogP contribution is 2.19. The molecular weight excluding hydrogens is 386 g/mol. The third kappa shape index (κ3) is 5.95. The van der Waals surface area contributed by atoms with Crippen LogP contribution < -0.4 is 10.0 Å². The van der Waals surface area contributed by atoms with Gasteiger partial charge in [0.2, 0.25) is 15.9 Å². The van der Waals surface area contributed by atoms with Gasteiger partial charge in [-0.1, -0.05) is 13.3 Å². The molecule has 1 aromatic heterocycles. The summed E-state index contributed by atoms with van der Waals surface area (Å²) >= 11 is 1.13. The number of sulfonamides is 1. The van der Waals surface area contributed by atoms with E-state index in [0.29, 0.717) is 22.0 Å². The smallest absolute Gasteiger partial charge is 0.251 e. The number of rotatable bonds is 9. The maximum atomic E-state index is 12.5. The molecule has 0 aliphatic heterocycles. The molecule has 1 heterocycles. The van der Waals surface area contributed by atoms with Crippen molar-refractivity contribution in [2.75, 3.05) is 24.7 Å². The number of aromatic nitrogens is 1. The SMILES string of the molecule is CCCCN(C)S(=O)(=O)c1ccc(NC(=O)CSc2cccc[n+]2[O-])cc1. The van der Waals surface area contributed by atoms with Gasteiger partial charge >= 0.3 is 0 Å². The summed E-state index contributed by atoms with van der Waals surface area (Å²) in [6.45, 7) is 2.47. The molecule has 0 fully saturated rings. The minimum atomic E-state index is -3.53. The number of carbonyl (C=O) groups excluding carboxylic acids is 1. The third-order valence-electron chi connectivity index (χ3n) is 3.81. The lowest BCUT2D eigenvalue weighted by molar-refractivity contribution is -0.645. The molecule has 2 rings (SSSR count). The monoisotopic (exact) mass is 409 g/mol. The number of nitrogens with zero attached hydrogens (tertiary/aromatic N) is 2. The first-order valence-electron chi connectivity index (χ1n) is 8.52. The summed E-state index contributed by atoms with van der Waals surface area (Å²) in [5.41, 5.74) is 0.499. The van der Waals surface area contributed by atoms with Gasteiger partial charge in [-0.3, -0.25) is 4.79 Å². The van der Waals surface area contributed by atoms with Crippen LogP contribution in [0.1, 0.15) is 19.8 Å². The number of hydrogen-bond acceptors (Lipinski definition) is 5. The highest BCUT2D eigenvalue weighted by molar-refractivity contribution is 7.99. The lowest BCUT2D eigenvalue weighted by Gasteiger charge is -2.17. The summed E-state index contributed by atoms with van der Waals surface area (Å²) in [5, 5.41) is 14.7. The summed E-state index contributed by atoms with van der Waals surface area (Å²) in [5.74, 6) is -0.203. The Bertz CT molecular complexity index is 870. The second-order valence-corrected chi connectivity index (χ2v) is 8.95. The summed E-state index contributed by atoms with van der Waals surface area (Å²) < 4.78 is 27.0. The zero-order valence-electron chi connectivity index (χ0n) is 15.3. The molecule has 1 amide bonds. The topological polar surface area (TPSA) is 93.4 Å². The highest BCUT2D eigenvalue weighted by atomic mass is 32.2. The summed E-state index contributed by atoms with van der Waals surface area (Å²) in [7, 11) is -1.97. The van der Waals surface area contributed by atoms with Crippen molar-refractivity contribution < 1.29 is 17.9 Å². The number of thioether (sulfide) groups is 1. The molecule has 9 heteroatoms. The Balaban J connectivity index is 1.95. The first kappa shape index (κ1) is 21.2. The molecule has 146 valence electrons. The first-order chi connectivity index (χ1) is 12.8. The predicted octanol–water partition coefficient (Wildman–Crippen LogP) is 2.47. The molecule has 0 bridgehead atoms. The minimum absolute atomic E-state index is 0.0755. The van der Waals surface area contributed by atoms with Crippen molar-refractivity contribution in [2.24, 2.45) is 0 Å². The first-order valence-corrected chi connectivity index (χ1v) is 10.9. The van der Waals surface area contributed by atoms with Gasteiger partial charge in [-0.05, 0) is 48.5 Å². The van der Waals surface area contributed by atoms with Crippen LogP contribution in [-0.2, 0) is 14.8 Å². The van der Waals surface area contributed by atoms with E-state index in [1.54, 1.807) is 37.4 Å². The van der Waals surface area contributed by atoms with E-state index in [-0.39, 0.29) is 16.6 Å². The van der Waals surface area contributed by atoms with Gasteiger partial charge in [0.25, 0.3) is 5.03 Å². The van der Waals surface area contributed by atoms with Crippen LogP contribution in [-0.4, -0.2) is 38.0 Å². The van der Waals surface area contributed by atoms with E-state index in [2.05, 4.69) is 5.32 Å². The number of nitrogens with one attached hydrogen (secondary N) is 1. The van der Waals surface area contributed by atoms with Gasteiger partial charge in [0, 0.05) is 31.4 Å². The Morgan fingerprint density at radius 3 is 2.56 bits per heavy atom. The fourth-order valence-electron chi connectivity index (χ4n) is 2.25. The van der Waals surface area contributed by atoms with E-state index in [1.165, 1.54) is 22.6 Å². The maximum absolute atomic E-state index is 12.5. The Morgan fingerprint density at radius 1 is 1.22 bits per heavy atom. The van der Waals surface area contributed by atoms with Crippen LogP contribution in [0, 0.1) is 5.21 Å². The van der Waals surface area contributed by atoms with Crippen LogP contribution in [0.2, 0.25) is 0 Å². The lowest BCUT2D eigenvalue weighted by Crippen LogP contribution is -2.28. The minimum Gasteiger partial charge on any atom is -0.618 e. The van der Waals surface area contributed by atoms with Crippen molar-refractivity contribution in [1.29, 1.82) is 0 Å². The van der Waals surface area contributed by atoms with Crippen molar-refractivity contribution in [2.45, 2.75) is 29.7 Å². The van der Waals surface area contributed by atoms with Gasteiger partial charge in [-0.25, -0.2) is 12.7 Å². The van der Waals surface area contributed by atoms with Crippen molar-refractivity contribution >= 4 is 33.4 Å². The van der Waals surface area contributed by atoms with Gasteiger partial charge in [0.05, 0.1) is 10.6 Å². The van der Waals surface area contributed by atoms with Gasteiger partial charge in [-0.2, -0.15) is 4.73 Å². The molecular formula is C18H23N3O4S2. The average Bonchev–Trinajstić information content (AvgIpc) is 2.65. The Morgan fingerprint density at radius 2 is 1.93 bits per heavy atom. The standard InChI is InChI=1S/C18H23N3O4S2/c1-3-4-12-20(2)27(24,25)16-10-8-15(9-11-16)19-17(22)14-26-18-7-5-6-13-21(18)23/h5-11,13H,3-4,12,14H2,1-2H3,(H,19,22). The molecule has 0 saturated carbocycles. The molecule has 0 radical (unpaired) electrons. The van der Waals surface area contributed by atoms with E-state index in [0.717, 1.165) is 24.6 Å². The van der Waals surface area contributed by atoms with E-state index in [4.69, 9.17) is 0 Å². The van der Waals surface area contributed by atoms with Gasteiger partial charge < -0.3 is 10.5 Å². The number of anilines is 1. The molecule has 0 atom stereocenters. The lowest BCUT2D eigenvalue weighted by atomic mass is 10.3. The third-order valence-corrected chi connectivity index (χ3v) is 6.70. The fourth-order valence-corrected chi connectivity index (χ4v) is 4.18. The molecule has 0 aliphatic carbocycles. The molecule has 2 aromatic rings. The second-order valence-electron chi connectivity index (χ2n) is 5.91. The number of pyridine rings is 1. The Hall–Kier alpha value is -2.10. The van der Waals surface area contributed by atoms with Crippen LogP contribution in [0.25, 0.3) is 0 Å². The number of carbonyl (C=O) groups is 1. The van der Waals surface area contributed by atoms with Crippen molar-refractivity contribution in [3.8, 4) is 0 Å². The quantitative estimate of drug-likeness (QED) is 0.390. The van der Waals surface area contributed by atoms with E-state index >= 15 is 0 Å². The number of benzene rings is 1. The second kappa shape index (κ2) is 9.72. The van der Waals surface area contributed by atoms with E-state index in [9.17, 15) is 18.4 Å². The van der Waals surface area contributed by atoms with Gasteiger partial charge in [-0.15, -0.1) is 0 Å². The van der Waals surface area contributed by atoms with Gasteiger partial charge in [0.1, 0.15) is 0 Å². The molecule has 1 N–H and O–H groups in total. The number of hydrogen-bond donors (Lipinski definition) is 1. The van der Waals surface area contributed by atoms with Crippen LogP contribution in [0.15, 0.2) is 58.6 Å². The Kier molecular flexibility index (Phi) is 7.64. The molecule has 27 heavy (non-hydrogen) atoms. The molecule has 1 aromatic carbocycles. The van der Waals surface area contributed by atoms with E-state index < -0.39 is 10.0 Å². The van der Waals surface area contributed by atoms with E-state index in [1.807, 2.05) is 6.92 Å². The van der Waals surface area contributed by atoms with Crippen LogP contribution in [0.3, 0.4) is 0 Å². The maximum Gasteiger partial charge on any atom is 0.251 e. The summed E-state index contributed by atoms with van der Waals surface area (Å²) in [4.78, 5) is 12.2. The largest absolute Gasteiger partial charge is 0.618 e. The molecule has 0 spiro atoms. The van der Waals surface area contributed by atoms with Crippen LogP contribution >= 0.6 is 11.8 Å². The predicted molar refractivity (Wildman–Crippen MR) is 106 cm³/mol. The number of amides is 1. The average molecular weight is 410 g/mol. The molecule has 0 aliphatic rings. The zero-order chi connectivity index (χ0) is 19.9. The van der Waals surface area contributed by atoms with Crippen molar-refractivity contribution in [1.82, 2.24) is 4.31 Å². The van der Waals surface area contributed by atoms with Crippen molar-refractivity contribution in [3.63, 3.8) is 0 Å². The number of unbranched alkanes of at least 4 members (excludes halogenated alkanes) is 1. The Labute approximate surface area is 164 Å². The summed E-state index contributed by atoms with van der Waals surface area (Å²) in [6, 6.07) is 11.0. The van der Waals surface area contributed by atoms with Crippen LogP contribution in [0.4, 0.5) is 5.69 Å². The van der Waals surface area contributed by atoms with Crippen molar-refractivity contribution in [3.05, 3.63) is 53.9 Å². The fraction of sp³-hybridized carbons (Fsp3) is 0.333. The molecule has 0 unspecified atom stereocenters. The molecule has 0 saturated heterocycles. The normalized spacial score (nSPS) is 11.5. The highest BCUT2D eigenvalue weighted by Gasteiger charge is 2.20. The summed E-state index contributed by atoms with van der Waals surface area (Å²) in [6.07, 6.45) is 3.08. The van der Waals surface area contributed by atoms with Gasteiger partial charge in [0.15, 0.2) is 6.20 Å². The van der Waals surface area contributed by atoms with Crippen LogP contribution in [0.5, 0.6) is 0 Å². The zero-order valence-corrected chi connectivity index (χ0v) is 16.9.